The summed E-state index contributed by atoms with van der Waals surface area (Å²) in [6.45, 7) is 1.11. The third kappa shape index (κ3) is 3.82. The molecule has 0 aliphatic rings. The van der Waals surface area contributed by atoms with E-state index in [-0.39, 0.29) is 24.4 Å². The molecule has 0 fully saturated rings. The molecule has 0 saturated carbocycles. The van der Waals surface area contributed by atoms with E-state index in [0.29, 0.717) is 30.5 Å². The second-order valence-corrected chi connectivity index (χ2v) is 4.88. The van der Waals surface area contributed by atoms with Crippen molar-refractivity contribution in [1.29, 1.82) is 0 Å². The Morgan fingerprint density at radius 1 is 1.32 bits per heavy atom. The highest BCUT2D eigenvalue weighted by Crippen LogP contribution is 2.03. The molecule has 0 aliphatic heterocycles. The number of amides is 1. The van der Waals surface area contributed by atoms with Crippen LogP contribution in [0.1, 0.15) is 12.8 Å². The van der Waals surface area contributed by atoms with E-state index in [2.05, 4.69) is 10.3 Å². The largest absolute Gasteiger partial charge is 0.383 e. The maximum atomic E-state index is 12.3. The molecule has 0 bridgehead atoms. The van der Waals surface area contributed by atoms with Crippen LogP contribution >= 0.6 is 0 Å². The number of fused-ring (bicyclic) bond motifs is 1. The van der Waals surface area contributed by atoms with E-state index in [1.54, 1.807) is 31.4 Å². The van der Waals surface area contributed by atoms with Crippen LogP contribution in [0.3, 0.4) is 0 Å². The Bertz CT molecular complexity index is 763. The number of methoxy groups -OCH3 is 1. The number of H-pyrrole nitrogens is 1. The summed E-state index contributed by atoms with van der Waals surface area (Å²) >= 11 is 0. The number of hydrogen-bond donors (Lipinski definition) is 2. The molecule has 1 heterocycles. The van der Waals surface area contributed by atoms with E-state index < -0.39 is 5.69 Å². The van der Waals surface area contributed by atoms with Gasteiger partial charge in [0.25, 0.3) is 5.56 Å². The van der Waals surface area contributed by atoms with Gasteiger partial charge in [-0.3, -0.25) is 14.2 Å². The highest BCUT2D eigenvalue weighted by atomic mass is 16.5. The lowest BCUT2D eigenvalue weighted by atomic mass is 10.2. The van der Waals surface area contributed by atoms with Gasteiger partial charge < -0.3 is 15.0 Å². The van der Waals surface area contributed by atoms with Crippen molar-refractivity contribution < 1.29 is 9.53 Å². The normalized spacial score (nSPS) is 10.8. The molecule has 1 amide bonds. The molecule has 2 N–H and O–H groups in total. The summed E-state index contributed by atoms with van der Waals surface area (Å²) in [4.78, 5) is 38.4. The fourth-order valence-electron chi connectivity index (χ4n) is 2.18. The molecule has 0 radical (unpaired) electrons. The molecule has 1 aromatic heterocycles. The van der Waals surface area contributed by atoms with E-state index in [1.165, 1.54) is 0 Å². The summed E-state index contributed by atoms with van der Waals surface area (Å²) in [5, 5.41) is 3.16. The quantitative estimate of drug-likeness (QED) is 0.716. The Kier molecular flexibility index (Phi) is 5.48. The van der Waals surface area contributed by atoms with Crippen molar-refractivity contribution in [2.24, 2.45) is 0 Å². The van der Waals surface area contributed by atoms with Crippen molar-refractivity contribution >= 4 is 16.8 Å². The fourth-order valence-corrected chi connectivity index (χ4v) is 2.18. The highest BCUT2D eigenvalue weighted by molar-refractivity contribution is 5.77. The minimum Gasteiger partial charge on any atom is -0.383 e. The van der Waals surface area contributed by atoms with Crippen LogP contribution in [0.4, 0.5) is 0 Å². The molecule has 0 saturated heterocycles. The molecule has 0 unspecified atom stereocenters. The minimum atomic E-state index is -0.455. The lowest BCUT2D eigenvalue weighted by Crippen LogP contribution is -2.35. The first-order valence-electron chi connectivity index (χ1n) is 7.11. The van der Waals surface area contributed by atoms with Crippen molar-refractivity contribution in [2.45, 2.75) is 19.4 Å². The molecule has 7 nitrogen and oxygen atoms in total. The average molecular weight is 305 g/mol. The van der Waals surface area contributed by atoms with Gasteiger partial charge in [0.05, 0.1) is 17.5 Å². The Hall–Kier alpha value is -2.41. The Morgan fingerprint density at radius 2 is 2.09 bits per heavy atom. The molecule has 1 aromatic carbocycles. The Labute approximate surface area is 126 Å². The third-order valence-electron chi connectivity index (χ3n) is 3.30. The molecule has 118 valence electrons. The van der Waals surface area contributed by atoms with E-state index in [4.69, 9.17) is 4.74 Å². The second kappa shape index (κ2) is 7.56. The van der Waals surface area contributed by atoms with Crippen molar-refractivity contribution in [2.75, 3.05) is 20.3 Å². The molecular formula is C15H19N3O4. The lowest BCUT2D eigenvalue weighted by Gasteiger charge is -2.07. The number of nitrogens with one attached hydrogen (secondary N) is 2. The van der Waals surface area contributed by atoms with Crippen LogP contribution < -0.4 is 16.6 Å². The van der Waals surface area contributed by atoms with Gasteiger partial charge in [-0.1, -0.05) is 12.1 Å². The number of nitrogens with zero attached hydrogens (tertiary/aromatic N) is 1. The standard InChI is InChI=1S/C15H19N3O4/c1-22-10-8-16-13(19)7-4-9-18-14(20)11-5-2-3-6-12(11)17-15(18)21/h2-3,5-6H,4,7-10H2,1H3,(H,16,19)(H,17,21). The zero-order valence-corrected chi connectivity index (χ0v) is 12.4. The summed E-state index contributed by atoms with van der Waals surface area (Å²) in [5.41, 5.74) is -0.270. The van der Waals surface area contributed by atoms with Crippen LogP contribution in [0, 0.1) is 0 Å². The van der Waals surface area contributed by atoms with Crippen LogP contribution in [-0.2, 0) is 16.1 Å². The van der Waals surface area contributed by atoms with Crippen molar-refractivity contribution in [1.82, 2.24) is 14.9 Å². The number of para-hydroxylation sites is 1. The number of aromatic nitrogens is 2. The van der Waals surface area contributed by atoms with Gasteiger partial charge in [0.15, 0.2) is 0 Å². The van der Waals surface area contributed by atoms with Crippen LogP contribution in [0.2, 0.25) is 0 Å². The van der Waals surface area contributed by atoms with Crippen molar-refractivity contribution in [3.8, 4) is 0 Å². The first kappa shape index (κ1) is 16.0. The van der Waals surface area contributed by atoms with Crippen LogP contribution in [0.15, 0.2) is 33.9 Å². The number of rotatable bonds is 7. The van der Waals surface area contributed by atoms with Gasteiger partial charge in [0.1, 0.15) is 0 Å². The Balaban J connectivity index is 2.02. The van der Waals surface area contributed by atoms with Gasteiger partial charge in [-0.15, -0.1) is 0 Å². The van der Waals surface area contributed by atoms with Gasteiger partial charge in [-0.2, -0.15) is 0 Å². The summed E-state index contributed by atoms with van der Waals surface area (Å²) in [7, 11) is 1.56. The van der Waals surface area contributed by atoms with Gasteiger partial charge in [0.2, 0.25) is 5.91 Å². The lowest BCUT2D eigenvalue weighted by molar-refractivity contribution is -0.121. The topological polar surface area (TPSA) is 93.2 Å². The van der Waals surface area contributed by atoms with E-state index in [1.807, 2.05) is 0 Å². The van der Waals surface area contributed by atoms with Crippen molar-refractivity contribution in [3.05, 3.63) is 45.1 Å². The number of aromatic amines is 1. The predicted octanol–water partition coefficient (Wildman–Crippen LogP) is 0.233. The molecule has 0 spiro atoms. The first-order valence-corrected chi connectivity index (χ1v) is 7.11. The second-order valence-electron chi connectivity index (χ2n) is 4.88. The van der Waals surface area contributed by atoms with E-state index >= 15 is 0 Å². The SMILES string of the molecule is COCCNC(=O)CCCn1c(=O)[nH]c2ccccc2c1=O. The summed E-state index contributed by atoms with van der Waals surface area (Å²) in [6.07, 6.45) is 0.669. The summed E-state index contributed by atoms with van der Waals surface area (Å²) in [6, 6.07) is 6.86. The van der Waals surface area contributed by atoms with E-state index in [0.717, 1.165) is 4.57 Å². The Morgan fingerprint density at radius 3 is 2.86 bits per heavy atom. The smallest absolute Gasteiger partial charge is 0.328 e. The molecule has 22 heavy (non-hydrogen) atoms. The third-order valence-corrected chi connectivity index (χ3v) is 3.30. The van der Waals surface area contributed by atoms with Crippen LogP contribution in [0.5, 0.6) is 0 Å². The molecule has 7 heteroatoms. The molecule has 2 aromatic rings. The maximum Gasteiger partial charge on any atom is 0.328 e. The fraction of sp³-hybridized carbons (Fsp3) is 0.400. The molecule has 0 atom stereocenters. The monoisotopic (exact) mass is 305 g/mol. The molecule has 0 aliphatic carbocycles. The summed E-state index contributed by atoms with van der Waals surface area (Å²) < 4.78 is 5.96. The van der Waals surface area contributed by atoms with Gasteiger partial charge in [-0.05, 0) is 18.6 Å². The van der Waals surface area contributed by atoms with Gasteiger partial charge in [0, 0.05) is 26.6 Å². The van der Waals surface area contributed by atoms with Crippen LogP contribution in [-0.4, -0.2) is 35.7 Å². The maximum absolute atomic E-state index is 12.3. The number of carbonyl (C=O) groups excluding carboxylic acids is 1. The highest BCUT2D eigenvalue weighted by Gasteiger charge is 2.08. The number of hydrogen-bond acceptors (Lipinski definition) is 4. The molecule has 2 rings (SSSR count). The number of ether oxygens (including phenoxy) is 1. The average Bonchev–Trinajstić information content (AvgIpc) is 2.51. The predicted molar refractivity (Wildman–Crippen MR) is 82.9 cm³/mol. The van der Waals surface area contributed by atoms with Crippen molar-refractivity contribution in [3.63, 3.8) is 0 Å². The number of carbonyl (C=O) groups is 1. The number of benzene rings is 1. The van der Waals surface area contributed by atoms with Gasteiger partial charge >= 0.3 is 5.69 Å². The van der Waals surface area contributed by atoms with Gasteiger partial charge in [-0.25, -0.2) is 4.79 Å². The molecular weight excluding hydrogens is 286 g/mol. The first-order chi connectivity index (χ1) is 10.6. The zero-order valence-electron chi connectivity index (χ0n) is 12.4. The zero-order chi connectivity index (χ0) is 15.9. The van der Waals surface area contributed by atoms with Crippen LogP contribution in [0.25, 0.3) is 10.9 Å². The minimum absolute atomic E-state index is 0.123. The summed E-state index contributed by atoms with van der Waals surface area (Å²) in [5.74, 6) is -0.123. The van der Waals surface area contributed by atoms with E-state index in [9.17, 15) is 14.4 Å².